The van der Waals surface area contributed by atoms with Crippen molar-refractivity contribution in [3.63, 3.8) is 0 Å². The molecule has 4 rings (SSSR count). The standard InChI is InChI=1S/C15H22N2O.C14H21N/c1-12(2)14-4-6-15(7-5-14)17-10-8-16(9-11-17)13(3)18;1-12(2)13-6-8-14(9-7-13)15-10-4-3-5-11-15/h4-7,12H,8-11H2,1-3H3;6-9,12H,3-5,10-11H2,1-2H3. The minimum atomic E-state index is 0.185. The first-order valence-corrected chi connectivity index (χ1v) is 12.8. The lowest BCUT2D eigenvalue weighted by Gasteiger charge is -2.35. The van der Waals surface area contributed by atoms with Gasteiger partial charge < -0.3 is 14.7 Å². The summed E-state index contributed by atoms with van der Waals surface area (Å²) in [6.07, 6.45) is 4.11. The maximum atomic E-state index is 11.3. The van der Waals surface area contributed by atoms with E-state index in [1.807, 2.05) is 4.90 Å². The summed E-state index contributed by atoms with van der Waals surface area (Å²) >= 11 is 0. The molecule has 1 amide bonds. The molecule has 0 spiro atoms. The van der Waals surface area contributed by atoms with Crippen LogP contribution in [0.4, 0.5) is 11.4 Å². The normalized spacial score (nSPS) is 16.6. The van der Waals surface area contributed by atoms with Crippen LogP contribution >= 0.6 is 0 Å². The van der Waals surface area contributed by atoms with Crippen molar-refractivity contribution in [1.29, 1.82) is 0 Å². The van der Waals surface area contributed by atoms with Gasteiger partial charge in [0.2, 0.25) is 5.91 Å². The molecule has 33 heavy (non-hydrogen) atoms. The molecule has 180 valence electrons. The lowest BCUT2D eigenvalue weighted by atomic mass is 10.0. The number of nitrogens with zero attached hydrogens (tertiary/aromatic N) is 3. The highest BCUT2D eigenvalue weighted by molar-refractivity contribution is 5.73. The fourth-order valence-electron chi connectivity index (χ4n) is 4.57. The van der Waals surface area contributed by atoms with Gasteiger partial charge in [-0.1, -0.05) is 52.0 Å². The molecule has 0 radical (unpaired) electrons. The SMILES string of the molecule is CC(=O)N1CCN(c2ccc(C(C)C)cc2)CC1.CC(C)c1ccc(N2CCCCC2)cc1. The number of carbonyl (C=O) groups excluding carboxylic acids is 1. The highest BCUT2D eigenvalue weighted by atomic mass is 16.2. The average molecular weight is 450 g/mol. The molecule has 0 aliphatic carbocycles. The summed E-state index contributed by atoms with van der Waals surface area (Å²) in [7, 11) is 0. The summed E-state index contributed by atoms with van der Waals surface area (Å²) in [6.45, 7) is 16.6. The molecule has 0 unspecified atom stereocenters. The fourth-order valence-corrected chi connectivity index (χ4v) is 4.57. The van der Waals surface area contributed by atoms with Gasteiger partial charge in [-0.25, -0.2) is 0 Å². The maximum Gasteiger partial charge on any atom is 0.219 e. The van der Waals surface area contributed by atoms with Gasteiger partial charge >= 0.3 is 0 Å². The largest absolute Gasteiger partial charge is 0.372 e. The first kappa shape index (κ1) is 25.1. The maximum absolute atomic E-state index is 11.3. The van der Waals surface area contributed by atoms with Crippen molar-refractivity contribution in [3.8, 4) is 0 Å². The fraction of sp³-hybridized carbons (Fsp3) is 0.552. The Morgan fingerprint density at radius 1 is 0.606 bits per heavy atom. The van der Waals surface area contributed by atoms with E-state index in [2.05, 4.69) is 86.0 Å². The molecule has 0 saturated carbocycles. The smallest absolute Gasteiger partial charge is 0.219 e. The van der Waals surface area contributed by atoms with Crippen molar-refractivity contribution in [2.75, 3.05) is 49.1 Å². The van der Waals surface area contributed by atoms with E-state index in [1.165, 1.54) is 54.9 Å². The molecule has 0 N–H and O–H groups in total. The van der Waals surface area contributed by atoms with Crippen molar-refractivity contribution in [3.05, 3.63) is 59.7 Å². The molecule has 2 aromatic rings. The number of anilines is 2. The number of rotatable bonds is 4. The quantitative estimate of drug-likeness (QED) is 0.550. The van der Waals surface area contributed by atoms with Crippen molar-refractivity contribution >= 4 is 17.3 Å². The van der Waals surface area contributed by atoms with Crippen LogP contribution in [0.25, 0.3) is 0 Å². The summed E-state index contributed by atoms with van der Waals surface area (Å²) in [5.41, 5.74) is 5.48. The van der Waals surface area contributed by atoms with E-state index in [-0.39, 0.29) is 5.91 Å². The van der Waals surface area contributed by atoms with Gasteiger partial charge in [0.05, 0.1) is 0 Å². The van der Waals surface area contributed by atoms with Crippen LogP contribution in [0.3, 0.4) is 0 Å². The number of amides is 1. The minimum Gasteiger partial charge on any atom is -0.372 e. The summed E-state index contributed by atoms with van der Waals surface area (Å²) in [6, 6.07) is 17.9. The first-order chi connectivity index (χ1) is 15.8. The Labute approximate surface area is 201 Å². The molecular weight excluding hydrogens is 406 g/mol. The Bertz CT molecular complexity index is 843. The molecule has 2 fully saturated rings. The van der Waals surface area contributed by atoms with Crippen LogP contribution in [0.1, 0.15) is 76.8 Å². The number of piperazine rings is 1. The van der Waals surface area contributed by atoms with E-state index in [0.717, 1.165) is 26.2 Å². The summed E-state index contributed by atoms with van der Waals surface area (Å²) in [5, 5.41) is 0. The molecule has 0 bridgehead atoms. The monoisotopic (exact) mass is 449 g/mol. The number of hydrogen-bond acceptors (Lipinski definition) is 3. The van der Waals surface area contributed by atoms with Crippen molar-refractivity contribution in [2.24, 2.45) is 0 Å². The predicted molar refractivity (Wildman–Crippen MR) is 142 cm³/mol. The van der Waals surface area contributed by atoms with E-state index in [4.69, 9.17) is 0 Å². The minimum absolute atomic E-state index is 0.185. The topological polar surface area (TPSA) is 26.8 Å². The third kappa shape index (κ3) is 7.25. The van der Waals surface area contributed by atoms with Crippen molar-refractivity contribution < 1.29 is 4.79 Å². The second-order valence-electron chi connectivity index (χ2n) is 10.0. The Hall–Kier alpha value is -2.49. The zero-order valence-corrected chi connectivity index (χ0v) is 21.4. The van der Waals surface area contributed by atoms with E-state index in [0.29, 0.717) is 11.8 Å². The predicted octanol–water partition coefficient (Wildman–Crippen LogP) is 6.28. The van der Waals surface area contributed by atoms with Gasteiger partial charge in [-0.2, -0.15) is 0 Å². The first-order valence-electron chi connectivity index (χ1n) is 12.8. The molecule has 2 aliphatic rings. The molecule has 0 atom stereocenters. The van der Waals surface area contributed by atoms with Crippen LogP contribution < -0.4 is 9.80 Å². The second-order valence-corrected chi connectivity index (χ2v) is 10.0. The number of hydrogen-bond donors (Lipinski definition) is 0. The number of carbonyl (C=O) groups is 1. The van der Waals surface area contributed by atoms with Crippen LogP contribution in [-0.2, 0) is 4.79 Å². The van der Waals surface area contributed by atoms with Crippen LogP contribution in [0.5, 0.6) is 0 Å². The summed E-state index contributed by atoms with van der Waals surface area (Å²) in [5.74, 6) is 1.40. The van der Waals surface area contributed by atoms with Crippen molar-refractivity contribution in [2.45, 2.75) is 65.7 Å². The van der Waals surface area contributed by atoms with Crippen molar-refractivity contribution in [1.82, 2.24) is 4.90 Å². The Kier molecular flexibility index (Phi) is 9.22. The van der Waals surface area contributed by atoms with Crippen LogP contribution in [0.15, 0.2) is 48.5 Å². The van der Waals surface area contributed by atoms with Gasteiger partial charge in [-0.3, -0.25) is 4.79 Å². The van der Waals surface area contributed by atoms with Crippen LogP contribution in [0, 0.1) is 0 Å². The second kappa shape index (κ2) is 12.1. The third-order valence-electron chi connectivity index (χ3n) is 6.93. The molecule has 4 nitrogen and oxygen atoms in total. The Balaban J connectivity index is 0.000000189. The van der Waals surface area contributed by atoms with Gasteiger partial charge in [0.15, 0.2) is 0 Å². The van der Waals surface area contributed by atoms with Gasteiger partial charge in [0.25, 0.3) is 0 Å². The zero-order chi connectivity index (χ0) is 23.8. The third-order valence-corrected chi connectivity index (χ3v) is 6.93. The van der Waals surface area contributed by atoms with E-state index in [9.17, 15) is 4.79 Å². The molecule has 2 aromatic carbocycles. The van der Waals surface area contributed by atoms with E-state index < -0.39 is 0 Å². The lowest BCUT2D eigenvalue weighted by Crippen LogP contribution is -2.48. The summed E-state index contributed by atoms with van der Waals surface area (Å²) in [4.78, 5) is 18.0. The molecule has 0 aromatic heterocycles. The van der Waals surface area contributed by atoms with E-state index in [1.54, 1.807) is 6.92 Å². The lowest BCUT2D eigenvalue weighted by molar-refractivity contribution is -0.129. The molecule has 2 heterocycles. The van der Waals surface area contributed by atoms with Gasteiger partial charge in [0, 0.05) is 57.6 Å². The number of piperidine rings is 1. The van der Waals surface area contributed by atoms with Gasteiger partial charge in [-0.15, -0.1) is 0 Å². The highest BCUT2D eigenvalue weighted by Crippen LogP contribution is 2.23. The Morgan fingerprint density at radius 2 is 1.00 bits per heavy atom. The number of benzene rings is 2. The highest BCUT2D eigenvalue weighted by Gasteiger charge is 2.18. The van der Waals surface area contributed by atoms with Gasteiger partial charge in [0.1, 0.15) is 0 Å². The van der Waals surface area contributed by atoms with Crippen LogP contribution in [-0.4, -0.2) is 50.1 Å². The molecule has 2 saturated heterocycles. The Morgan fingerprint density at radius 3 is 1.36 bits per heavy atom. The zero-order valence-electron chi connectivity index (χ0n) is 21.4. The van der Waals surface area contributed by atoms with Crippen LogP contribution in [0.2, 0.25) is 0 Å². The molecule has 4 heteroatoms. The molecular formula is C29H43N3O. The van der Waals surface area contributed by atoms with Gasteiger partial charge in [-0.05, 0) is 66.5 Å². The van der Waals surface area contributed by atoms with E-state index >= 15 is 0 Å². The average Bonchev–Trinajstić information content (AvgIpc) is 2.85. The molecule has 2 aliphatic heterocycles. The summed E-state index contributed by atoms with van der Waals surface area (Å²) < 4.78 is 0.